The summed E-state index contributed by atoms with van der Waals surface area (Å²) in [4.78, 5) is 12.5. The van der Waals surface area contributed by atoms with Gasteiger partial charge >= 0.3 is 0 Å². The molecule has 3 heteroatoms. The van der Waals surface area contributed by atoms with Gasteiger partial charge in [-0.05, 0) is 43.1 Å². The van der Waals surface area contributed by atoms with E-state index in [0.717, 1.165) is 17.4 Å². The van der Waals surface area contributed by atoms with Crippen LogP contribution < -0.4 is 11.1 Å². The van der Waals surface area contributed by atoms with Gasteiger partial charge in [0, 0.05) is 12.6 Å². The number of benzene rings is 1. The van der Waals surface area contributed by atoms with Gasteiger partial charge in [0.15, 0.2) is 0 Å². The van der Waals surface area contributed by atoms with Crippen LogP contribution in [0.25, 0.3) is 0 Å². The van der Waals surface area contributed by atoms with Gasteiger partial charge in [-0.25, -0.2) is 0 Å². The first-order valence-corrected chi connectivity index (χ1v) is 7.35. The second kappa shape index (κ2) is 5.33. The zero-order valence-electron chi connectivity index (χ0n) is 11.2. The lowest BCUT2D eigenvalue weighted by Gasteiger charge is -2.22. The van der Waals surface area contributed by atoms with E-state index in [1.807, 2.05) is 30.3 Å². The van der Waals surface area contributed by atoms with E-state index < -0.39 is 0 Å². The summed E-state index contributed by atoms with van der Waals surface area (Å²) in [5, 5.41) is 3.27. The molecule has 1 unspecified atom stereocenters. The zero-order valence-corrected chi connectivity index (χ0v) is 11.2. The molecule has 0 aliphatic heterocycles. The number of carbonyl (C=O) groups is 1. The number of nitrogens with one attached hydrogen (secondary N) is 1. The Morgan fingerprint density at radius 2 is 1.74 bits per heavy atom. The van der Waals surface area contributed by atoms with Crippen molar-refractivity contribution < 1.29 is 4.79 Å². The molecule has 0 aromatic heterocycles. The summed E-state index contributed by atoms with van der Waals surface area (Å²) >= 11 is 0. The summed E-state index contributed by atoms with van der Waals surface area (Å²) in [7, 11) is 0. The highest BCUT2D eigenvalue weighted by Crippen LogP contribution is 2.44. The first-order chi connectivity index (χ1) is 9.29. The molecule has 2 saturated carbocycles. The minimum absolute atomic E-state index is 0.109. The average molecular weight is 258 g/mol. The third kappa shape index (κ3) is 2.98. The lowest BCUT2D eigenvalue weighted by molar-refractivity contribution is -0.123. The number of hydrogen-bond acceptors (Lipinski definition) is 2. The minimum atomic E-state index is -0.207. The molecule has 0 bridgehead atoms. The van der Waals surface area contributed by atoms with E-state index in [1.165, 1.54) is 25.7 Å². The van der Waals surface area contributed by atoms with Gasteiger partial charge in [-0.15, -0.1) is 0 Å². The molecule has 0 saturated heterocycles. The Kier molecular flexibility index (Phi) is 3.56. The van der Waals surface area contributed by atoms with Crippen molar-refractivity contribution in [1.29, 1.82) is 0 Å². The maximum Gasteiger partial charge on any atom is 0.229 e. The topological polar surface area (TPSA) is 55.1 Å². The maximum atomic E-state index is 12.5. The Morgan fingerprint density at radius 3 is 2.21 bits per heavy atom. The summed E-state index contributed by atoms with van der Waals surface area (Å²) in [5.41, 5.74) is 6.83. The van der Waals surface area contributed by atoms with Crippen LogP contribution in [0.2, 0.25) is 0 Å². The lowest BCUT2D eigenvalue weighted by atomic mass is 9.97. The molecular weight excluding hydrogens is 236 g/mol. The third-order valence-corrected chi connectivity index (χ3v) is 4.32. The van der Waals surface area contributed by atoms with Gasteiger partial charge in [0.1, 0.15) is 0 Å². The monoisotopic (exact) mass is 258 g/mol. The van der Waals surface area contributed by atoms with Crippen LogP contribution in [0.4, 0.5) is 0 Å². The minimum Gasteiger partial charge on any atom is -0.352 e. The molecule has 2 fully saturated rings. The van der Waals surface area contributed by atoms with Crippen molar-refractivity contribution in [2.75, 3.05) is 6.54 Å². The molecule has 3 N–H and O–H groups in total. The normalized spacial score (nSPS) is 20.3. The SMILES string of the molecule is NCC(C(=O)NC(C1CC1)C1CC1)c1ccccc1. The van der Waals surface area contributed by atoms with E-state index in [4.69, 9.17) is 5.73 Å². The fourth-order valence-electron chi connectivity index (χ4n) is 2.88. The molecule has 3 rings (SSSR count). The fourth-order valence-corrected chi connectivity index (χ4v) is 2.88. The predicted octanol–water partition coefficient (Wildman–Crippen LogP) is 2.03. The Labute approximate surface area is 114 Å². The van der Waals surface area contributed by atoms with E-state index in [9.17, 15) is 4.79 Å². The highest BCUT2D eigenvalue weighted by atomic mass is 16.2. The van der Waals surface area contributed by atoms with Crippen LogP contribution in [0.3, 0.4) is 0 Å². The van der Waals surface area contributed by atoms with Crippen LogP contribution in [0.15, 0.2) is 30.3 Å². The first kappa shape index (κ1) is 12.7. The van der Waals surface area contributed by atoms with Crippen LogP contribution in [0.1, 0.15) is 37.2 Å². The average Bonchev–Trinajstić information content (AvgIpc) is 3.30. The fraction of sp³-hybridized carbons (Fsp3) is 0.562. The molecule has 1 aromatic carbocycles. The van der Waals surface area contributed by atoms with E-state index in [-0.39, 0.29) is 11.8 Å². The van der Waals surface area contributed by atoms with E-state index in [1.54, 1.807) is 0 Å². The molecule has 2 aliphatic rings. The summed E-state index contributed by atoms with van der Waals surface area (Å²) in [5.74, 6) is 1.36. The standard InChI is InChI=1S/C16H22N2O/c17-10-14(11-4-2-1-3-5-11)16(19)18-15(12-6-7-12)13-8-9-13/h1-5,12-15H,6-10,17H2,(H,18,19). The van der Waals surface area contributed by atoms with E-state index >= 15 is 0 Å². The quantitative estimate of drug-likeness (QED) is 0.820. The van der Waals surface area contributed by atoms with Gasteiger partial charge in [0.05, 0.1) is 5.92 Å². The van der Waals surface area contributed by atoms with Crippen LogP contribution in [0, 0.1) is 11.8 Å². The van der Waals surface area contributed by atoms with Crippen molar-refractivity contribution in [2.24, 2.45) is 17.6 Å². The molecule has 1 aromatic rings. The number of amides is 1. The highest BCUT2D eigenvalue weighted by Gasteiger charge is 2.42. The number of carbonyl (C=O) groups excluding carboxylic acids is 1. The Morgan fingerprint density at radius 1 is 1.16 bits per heavy atom. The smallest absolute Gasteiger partial charge is 0.229 e. The van der Waals surface area contributed by atoms with Gasteiger partial charge in [0.25, 0.3) is 0 Å². The van der Waals surface area contributed by atoms with Gasteiger partial charge in [-0.1, -0.05) is 30.3 Å². The molecule has 1 atom stereocenters. The maximum absolute atomic E-state index is 12.5. The molecule has 3 nitrogen and oxygen atoms in total. The summed E-state index contributed by atoms with van der Waals surface area (Å²) < 4.78 is 0. The number of nitrogens with two attached hydrogens (primary N) is 1. The third-order valence-electron chi connectivity index (χ3n) is 4.32. The van der Waals surface area contributed by atoms with E-state index in [2.05, 4.69) is 5.32 Å². The summed E-state index contributed by atoms with van der Waals surface area (Å²) in [6.45, 7) is 0.373. The van der Waals surface area contributed by atoms with Crippen LogP contribution in [-0.2, 0) is 4.79 Å². The Bertz CT molecular complexity index is 425. The second-order valence-electron chi connectivity index (χ2n) is 5.91. The molecule has 2 aliphatic carbocycles. The van der Waals surface area contributed by atoms with E-state index in [0.29, 0.717) is 12.6 Å². The van der Waals surface area contributed by atoms with Crippen molar-refractivity contribution >= 4 is 5.91 Å². The van der Waals surface area contributed by atoms with Crippen molar-refractivity contribution in [3.63, 3.8) is 0 Å². The Balaban J connectivity index is 1.67. The predicted molar refractivity (Wildman–Crippen MR) is 75.6 cm³/mol. The largest absolute Gasteiger partial charge is 0.352 e. The molecule has 0 spiro atoms. The van der Waals surface area contributed by atoms with Crippen molar-refractivity contribution in [3.05, 3.63) is 35.9 Å². The first-order valence-electron chi connectivity index (χ1n) is 7.35. The summed E-state index contributed by atoms with van der Waals surface area (Å²) in [6.07, 6.45) is 5.11. The van der Waals surface area contributed by atoms with Crippen LogP contribution in [-0.4, -0.2) is 18.5 Å². The lowest BCUT2D eigenvalue weighted by Crippen LogP contribution is -2.42. The van der Waals surface area contributed by atoms with Crippen LogP contribution >= 0.6 is 0 Å². The molecule has 0 radical (unpaired) electrons. The Hall–Kier alpha value is -1.35. The molecule has 19 heavy (non-hydrogen) atoms. The van der Waals surface area contributed by atoms with Crippen molar-refractivity contribution in [1.82, 2.24) is 5.32 Å². The molecule has 0 heterocycles. The van der Waals surface area contributed by atoms with Gasteiger partial charge in [-0.2, -0.15) is 0 Å². The zero-order chi connectivity index (χ0) is 13.2. The molecular formula is C16H22N2O. The number of rotatable bonds is 6. The second-order valence-corrected chi connectivity index (χ2v) is 5.91. The summed E-state index contributed by atoms with van der Waals surface area (Å²) in [6, 6.07) is 10.3. The van der Waals surface area contributed by atoms with Crippen molar-refractivity contribution in [2.45, 2.75) is 37.6 Å². The van der Waals surface area contributed by atoms with Gasteiger partial charge in [0.2, 0.25) is 5.91 Å². The molecule has 1 amide bonds. The van der Waals surface area contributed by atoms with Gasteiger partial charge in [-0.3, -0.25) is 4.79 Å². The van der Waals surface area contributed by atoms with Crippen molar-refractivity contribution in [3.8, 4) is 0 Å². The van der Waals surface area contributed by atoms with Crippen LogP contribution in [0.5, 0.6) is 0 Å². The van der Waals surface area contributed by atoms with Gasteiger partial charge < -0.3 is 11.1 Å². The number of hydrogen-bond donors (Lipinski definition) is 2. The highest BCUT2D eigenvalue weighted by molar-refractivity contribution is 5.84. The molecule has 102 valence electrons.